The molecule has 0 amide bonds. The Morgan fingerprint density at radius 1 is 0.590 bits per heavy atom. The van der Waals surface area contributed by atoms with Crippen LogP contribution in [0.1, 0.15) is 187 Å². The van der Waals surface area contributed by atoms with Crippen molar-refractivity contribution in [2.75, 3.05) is 47.5 Å². The van der Waals surface area contributed by atoms with Crippen molar-refractivity contribution >= 4 is 19.8 Å². The summed E-state index contributed by atoms with van der Waals surface area (Å²) in [6, 6.07) is 0. The highest BCUT2D eigenvalue weighted by atomic mass is 31.2. The maximum Gasteiger partial charge on any atom is 0.472 e. The van der Waals surface area contributed by atoms with Crippen molar-refractivity contribution in [2.24, 2.45) is 0 Å². The van der Waals surface area contributed by atoms with Gasteiger partial charge in [0.2, 0.25) is 0 Å². The molecule has 0 aromatic heterocycles. The molecular weight excluding hydrogens is 790 g/mol. The van der Waals surface area contributed by atoms with Crippen molar-refractivity contribution in [3.05, 3.63) is 60.8 Å². The monoisotopic (exact) mass is 881 g/mol. The molecule has 0 fully saturated rings. The average molecular weight is 881 g/mol. The van der Waals surface area contributed by atoms with Gasteiger partial charge in [-0.15, -0.1) is 0 Å². The molecule has 0 bridgehead atoms. The second-order valence-electron chi connectivity index (χ2n) is 17.3. The fourth-order valence-corrected chi connectivity index (χ4v) is 7.00. The average Bonchev–Trinajstić information content (AvgIpc) is 3.21. The Bertz CT molecular complexity index is 1240. The van der Waals surface area contributed by atoms with Gasteiger partial charge >= 0.3 is 19.8 Å². The number of nitrogens with zero attached hydrogens (tertiary/aromatic N) is 1. The summed E-state index contributed by atoms with van der Waals surface area (Å²) in [5.41, 5.74) is 0. The summed E-state index contributed by atoms with van der Waals surface area (Å²) < 4.78 is 34.3. The third-order valence-electron chi connectivity index (χ3n) is 10.1. The fourth-order valence-electron chi connectivity index (χ4n) is 6.26. The molecule has 0 saturated carbocycles. The summed E-state index contributed by atoms with van der Waals surface area (Å²) in [7, 11) is 1.41. The van der Waals surface area contributed by atoms with Crippen LogP contribution in [0, 0.1) is 0 Å². The van der Waals surface area contributed by atoms with E-state index in [-0.39, 0.29) is 26.1 Å². The number of esters is 2. The van der Waals surface area contributed by atoms with Gasteiger partial charge in [0.25, 0.3) is 0 Å². The number of carbonyl (C=O) groups excluding carboxylic acids is 2. The Morgan fingerprint density at radius 3 is 1.72 bits per heavy atom. The van der Waals surface area contributed by atoms with Crippen molar-refractivity contribution in [2.45, 2.75) is 199 Å². The molecule has 0 aliphatic heterocycles. The molecule has 0 aliphatic rings. The van der Waals surface area contributed by atoms with Gasteiger partial charge in [-0.3, -0.25) is 18.6 Å². The number of rotatable bonds is 43. The number of quaternary nitrogens is 1. The fraction of sp³-hybridized carbons (Fsp3) is 0.760. The second-order valence-corrected chi connectivity index (χ2v) is 18.8. The van der Waals surface area contributed by atoms with Gasteiger partial charge in [0.1, 0.15) is 19.8 Å². The van der Waals surface area contributed by atoms with E-state index in [9.17, 15) is 24.2 Å². The number of allylic oxidation sites excluding steroid dienone is 8. The first kappa shape index (κ1) is 58.7. The zero-order valence-corrected chi connectivity index (χ0v) is 40.4. The molecule has 2 N–H and O–H groups in total. The number of aliphatic hydroxyl groups excluding tert-OH is 1. The summed E-state index contributed by atoms with van der Waals surface area (Å²) in [5, 5.41) is 10.1. The van der Waals surface area contributed by atoms with Crippen LogP contribution in [0.5, 0.6) is 0 Å². The molecule has 11 heteroatoms. The van der Waals surface area contributed by atoms with Gasteiger partial charge in [0.15, 0.2) is 6.10 Å². The minimum absolute atomic E-state index is 0.0109. The molecule has 354 valence electrons. The highest BCUT2D eigenvalue weighted by Gasteiger charge is 2.27. The highest BCUT2D eigenvalue weighted by Crippen LogP contribution is 2.43. The minimum atomic E-state index is -4.41. The summed E-state index contributed by atoms with van der Waals surface area (Å²) in [5.74, 6) is -0.906. The Labute approximate surface area is 373 Å². The van der Waals surface area contributed by atoms with E-state index in [1.54, 1.807) is 6.08 Å². The maximum absolute atomic E-state index is 12.7. The topological polar surface area (TPSA) is 129 Å². The summed E-state index contributed by atoms with van der Waals surface area (Å²) in [4.78, 5) is 35.4. The van der Waals surface area contributed by atoms with Gasteiger partial charge < -0.3 is 24.0 Å². The van der Waals surface area contributed by atoms with E-state index in [0.29, 0.717) is 36.7 Å². The number of hydrogen-bond acceptors (Lipinski definition) is 8. The van der Waals surface area contributed by atoms with Crippen LogP contribution in [0.25, 0.3) is 0 Å². The lowest BCUT2D eigenvalue weighted by atomic mass is 10.1. The van der Waals surface area contributed by atoms with Crippen molar-refractivity contribution < 1.29 is 47.2 Å². The number of ether oxygens (including phenoxy) is 2. The maximum atomic E-state index is 12.7. The zero-order valence-electron chi connectivity index (χ0n) is 39.5. The van der Waals surface area contributed by atoms with Gasteiger partial charge in [0.05, 0.1) is 33.9 Å². The number of carbonyl (C=O) groups is 2. The van der Waals surface area contributed by atoms with Crippen LogP contribution >= 0.6 is 7.82 Å². The van der Waals surface area contributed by atoms with E-state index in [2.05, 4.69) is 32.1 Å². The molecule has 0 rings (SSSR count). The molecule has 0 spiro atoms. The second kappa shape index (κ2) is 41.7. The van der Waals surface area contributed by atoms with E-state index in [1.807, 2.05) is 57.6 Å². The van der Waals surface area contributed by atoms with Crippen molar-refractivity contribution in [3.63, 3.8) is 0 Å². The summed E-state index contributed by atoms with van der Waals surface area (Å²) >= 11 is 0. The lowest BCUT2D eigenvalue weighted by molar-refractivity contribution is -0.870. The molecule has 0 aromatic carbocycles. The number of phosphoric ester groups is 1. The van der Waals surface area contributed by atoms with Gasteiger partial charge in [-0.25, -0.2) is 4.57 Å². The molecule has 0 saturated heterocycles. The molecular formula is C50H91NO9P+. The highest BCUT2D eigenvalue weighted by molar-refractivity contribution is 7.47. The van der Waals surface area contributed by atoms with E-state index >= 15 is 0 Å². The van der Waals surface area contributed by atoms with Gasteiger partial charge in [-0.1, -0.05) is 164 Å². The standard InChI is InChI=1S/C50H90NO9P/c1-6-8-10-12-14-15-16-17-18-19-20-21-22-23-24-25-30-34-38-42-50(54)60-48(46-59-61(55,56)58-44-43-51(3,4)5)45-57-49(53)41-37-33-29-27-26-28-32-36-40-47(52)39-35-31-13-11-9-7-2/h17-18,27-29,31-32,35-36,40,47-48,52H,6-16,19-26,30,33-34,37-39,41-46H2,1-5H3/p+1/b18-17-,29-27-,32-28-,35-31-,40-36+/t47-,48-/m1/s1. The smallest absolute Gasteiger partial charge is 0.462 e. The zero-order chi connectivity index (χ0) is 45.1. The lowest BCUT2D eigenvalue weighted by Gasteiger charge is -2.24. The van der Waals surface area contributed by atoms with Crippen LogP contribution in [0.3, 0.4) is 0 Å². The van der Waals surface area contributed by atoms with E-state index in [1.165, 1.54) is 103 Å². The summed E-state index contributed by atoms with van der Waals surface area (Å²) in [6.07, 6.45) is 47.3. The Morgan fingerprint density at radius 2 is 1.10 bits per heavy atom. The van der Waals surface area contributed by atoms with Crippen LogP contribution in [0.15, 0.2) is 60.8 Å². The Balaban J connectivity index is 4.45. The molecule has 0 aromatic rings. The van der Waals surface area contributed by atoms with Crippen LogP contribution < -0.4 is 0 Å². The number of aliphatic hydroxyl groups is 1. The first-order valence-corrected chi connectivity index (χ1v) is 25.6. The third kappa shape index (κ3) is 45.5. The van der Waals surface area contributed by atoms with Crippen molar-refractivity contribution in [3.8, 4) is 0 Å². The van der Waals surface area contributed by atoms with Gasteiger partial charge in [-0.05, 0) is 70.6 Å². The van der Waals surface area contributed by atoms with E-state index < -0.39 is 38.6 Å². The summed E-state index contributed by atoms with van der Waals surface area (Å²) in [6.45, 7) is 4.24. The van der Waals surface area contributed by atoms with Crippen molar-refractivity contribution in [1.29, 1.82) is 0 Å². The first-order chi connectivity index (χ1) is 29.4. The SMILES string of the molecule is CCCCC/C=C\C[C@@H](O)/C=C/C=C\C/C=C\CCCC(=O)OC[C@H](COP(=O)(O)OCC[N+](C)(C)C)OC(=O)CCCCCCCCCCC/C=C\CCCCCCCC. The number of unbranched alkanes of at least 4 members (excludes halogenated alkanes) is 19. The quantitative estimate of drug-likeness (QED) is 0.0154. The number of likely N-dealkylation sites (N-methyl/N-ethyl adjacent to an activating group) is 1. The molecule has 0 aliphatic carbocycles. The third-order valence-corrected chi connectivity index (χ3v) is 11.1. The predicted octanol–water partition coefficient (Wildman–Crippen LogP) is 13.0. The largest absolute Gasteiger partial charge is 0.472 e. The van der Waals surface area contributed by atoms with Gasteiger partial charge in [0, 0.05) is 12.8 Å². The number of phosphoric acid groups is 1. The van der Waals surface area contributed by atoms with E-state index in [0.717, 1.165) is 32.1 Å². The first-order valence-electron chi connectivity index (χ1n) is 24.1. The predicted molar refractivity (Wildman–Crippen MR) is 253 cm³/mol. The van der Waals surface area contributed by atoms with Crippen LogP contribution in [0.4, 0.5) is 0 Å². The van der Waals surface area contributed by atoms with Crippen LogP contribution in [-0.4, -0.2) is 86.1 Å². The molecule has 1 unspecified atom stereocenters. The van der Waals surface area contributed by atoms with Crippen LogP contribution in [-0.2, 0) is 32.7 Å². The van der Waals surface area contributed by atoms with Crippen LogP contribution in [0.2, 0.25) is 0 Å². The Hall–Kier alpha value is -2.33. The molecule has 0 radical (unpaired) electrons. The lowest BCUT2D eigenvalue weighted by Crippen LogP contribution is -2.37. The Kier molecular flexibility index (Phi) is 40.1. The molecule has 10 nitrogen and oxygen atoms in total. The molecule has 3 atom stereocenters. The van der Waals surface area contributed by atoms with E-state index in [4.69, 9.17) is 18.5 Å². The number of hydrogen-bond donors (Lipinski definition) is 2. The molecule has 0 heterocycles. The molecule has 61 heavy (non-hydrogen) atoms. The van der Waals surface area contributed by atoms with Gasteiger partial charge in [-0.2, -0.15) is 0 Å². The normalized spacial score (nSPS) is 14.5. The van der Waals surface area contributed by atoms with Crippen molar-refractivity contribution in [1.82, 2.24) is 0 Å². The minimum Gasteiger partial charge on any atom is -0.462 e.